The summed E-state index contributed by atoms with van der Waals surface area (Å²) in [6.45, 7) is 0. The second-order valence-electron chi connectivity index (χ2n) is 3.32. The molecule has 78 valence electrons. The predicted octanol–water partition coefficient (Wildman–Crippen LogP) is 2.00. The summed E-state index contributed by atoms with van der Waals surface area (Å²) in [6.07, 6.45) is 1.78. The molecular formula is C11H12N2OS. The van der Waals surface area contributed by atoms with Gasteiger partial charge in [-0.2, -0.15) is 0 Å². The van der Waals surface area contributed by atoms with E-state index in [0.29, 0.717) is 12.2 Å². The van der Waals surface area contributed by atoms with E-state index in [1.54, 1.807) is 23.6 Å². The fourth-order valence-corrected chi connectivity index (χ4v) is 2.14. The van der Waals surface area contributed by atoms with Gasteiger partial charge in [0.2, 0.25) is 0 Å². The van der Waals surface area contributed by atoms with Gasteiger partial charge in [-0.1, -0.05) is 6.07 Å². The lowest BCUT2D eigenvalue weighted by Crippen LogP contribution is -2.00. The van der Waals surface area contributed by atoms with Gasteiger partial charge in [0.15, 0.2) is 0 Å². The highest BCUT2D eigenvalue weighted by Crippen LogP contribution is 2.22. The number of hydrogen-bond donors (Lipinski definition) is 2. The van der Waals surface area contributed by atoms with Crippen molar-refractivity contribution >= 4 is 17.2 Å². The first kappa shape index (κ1) is 10.1. The molecule has 15 heavy (non-hydrogen) atoms. The van der Waals surface area contributed by atoms with Gasteiger partial charge in [0.25, 0.3) is 0 Å². The van der Waals surface area contributed by atoms with Crippen molar-refractivity contribution < 1.29 is 5.11 Å². The van der Waals surface area contributed by atoms with Crippen LogP contribution in [0.3, 0.4) is 0 Å². The fourth-order valence-electron chi connectivity index (χ4n) is 1.43. The van der Waals surface area contributed by atoms with Crippen LogP contribution in [0, 0.1) is 0 Å². The third-order valence-corrected chi connectivity index (χ3v) is 3.12. The van der Waals surface area contributed by atoms with Crippen LogP contribution < -0.4 is 5.73 Å². The Bertz CT molecular complexity index is 428. The van der Waals surface area contributed by atoms with E-state index < -0.39 is 6.10 Å². The molecule has 0 aliphatic carbocycles. The summed E-state index contributed by atoms with van der Waals surface area (Å²) >= 11 is 1.56. The number of aliphatic hydroxyl groups is 1. The van der Waals surface area contributed by atoms with Crippen LogP contribution >= 0.6 is 11.3 Å². The Kier molecular flexibility index (Phi) is 2.99. The lowest BCUT2D eigenvalue weighted by atomic mass is 10.1. The van der Waals surface area contributed by atoms with E-state index in [0.717, 1.165) is 10.4 Å². The van der Waals surface area contributed by atoms with Gasteiger partial charge in [0.1, 0.15) is 5.82 Å². The molecule has 0 aliphatic heterocycles. The maximum atomic E-state index is 9.90. The van der Waals surface area contributed by atoms with Crippen LogP contribution in [0.2, 0.25) is 0 Å². The molecule has 2 aromatic rings. The molecule has 3 N–H and O–H groups in total. The van der Waals surface area contributed by atoms with E-state index in [1.165, 1.54) is 0 Å². The maximum absolute atomic E-state index is 9.90. The zero-order valence-electron chi connectivity index (χ0n) is 8.13. The standard InChI is InChI=1S/C11H12N2OS/c12-11-7-8(3-4-13-11)6-9(14)10-2-1-5-15-10/h1-5,7,9,14H,6H2,(H2,12,13). The Balaban J connectivity index is 2.09. The monoisotopic (exact) mass is 220 g/mol. The first-order valence-electron chi connectivity index (χ1n) is 4.67. The van der Waals surface area contributed by atoms with Crippen molar-refractivity contribution in [3.8, 4) is 0 Å². The van der Waals surface area contributed by atoms with Gasteiger partial charge in [-0.25, -0.2) is 4.98 Å². The molecular weight excluding hydrogens is 208 g/mol. The van der Waals surface area contributed by atoms with Crippen LogP contribution in [0.25, 0.3) is 0 Å². The number of rotatable bonds is 3. The number of nitrogens with zero attached hydrogens (tertiary/aromatic N) is 1. The largest absolute Gasteiger partial charge is 0.387 e. The van der Waals surface area contributed by atoms with E-state index in [1.807, 2.05) is 23.6 Å². The molecule has 4 heteroatoms. The Morgan fingerprint density at radius 2 is 2.33 bits per heavy atom. The lowest BCUT2D eigenvalue weighted by molar-refractivity contribution is 0.182. The molecule has 0 amide bonds. The van der Waals surface area contributed by atoms with Gasteiger partial charge in [-0.15, -0.1) is 11.3 Å². The van der Waals surface area contributed by atoms with E-state index in [2.05, 4.69) is 4.98 Å². The molecule has 0 spiro atoms. The Labute approximate surface area is 92.2 Å². The van der Waals surface area contributed by atoms with Crippen molar-refractivity contribution in [1.82, 2.24) is 4.98 Å². The minimum atomic E-state index is -0.452. The summed E-state index contributed by atoms with van der Waals surface area (Å²) in [7, 11) is 0. The van der Waals surface area contributed by atoms with Gasteiger partial charge in [0, 0.05) is 17.5 Å². The Morgan fingerprint density at radius 3 is 3.00 bits per heavy atom. The smallest absolute Gasteiger partial charge is 0.123 e. The third-order valence-electron chi connectivity index (χ3n) is 2.15. The second-order valence-corrected chi connectivity index (χ2v) is 4.30. The molecule has 3 nitrogen and oxygen atoms in total. The molecule has 2 heterocycles. The number of nitrogen functional groups attached to an aromatic ring is 1. The van der Waals surface area contributed by atoms with Crippen molar-refractivity contribution in [1.29, 1.82) is 0 Å². The van der Waals surface area contributed by atoms with Gasteiger partial charge >= 0.3 is 0 Å². The molecule has 2 aromatic heterocycles. The van der Waals surface area contributed by atoms with Crippen LogP contribution in [-0.2, 0) is 6.42 Å². The minimum absolute atomic E-state index is 0.452. The number of pyridine rings is 1. The Morgan fingerprint density at radius 1 is 1.47 bits per heavy atom. The second kappa shape index (κ2) is 4.42. The van der Waals surface area contributed by atoms with Crippen LogP contribution in [0.5, 0.6) is 0 Å². The molecule has 1 unspecified atom stereocenters. The zero-order chi connectivity index (χ0) is 10.7. The summed E-state index contributed by atoms with van der Waals surface area (Å²) in [5.74, 6) is 0.492. The average Bonchev–Trinajstić information content (AvgIpc) is 2.70. The van der Waals surface area contributed by atoms with E-state index in [4.69, 9.17) is 5.73 Å². The highest BCUT2D eigenvalue weighted by Gasteiger charge is 2.09. The lowest BCUT2D eigenvalue weighted by Gasteiger charge is -2.08. The number of aromatic nitrogens is 1. The topological polar surface area (TPSA) is 59.1 Å². The van der Waals surface area contributed by atoms with Crippen LogP contribution in [-0.4, -0.2) is 10.1 Å². The highest BCUT2D eigenvalue weighted by molar-refractivity contribution is 7.10. The van der Waals surface area contributed by atoms with E-state index in [-0.39, 0.29) is 0 Å². The van der Waals surface area contributed by atoms with Gasteiger partial charge in [-0.3, -0.25) is 0 Å². The molecule has 0 aromatic carbocycles. The minimum Gasteiger partial charge on any atom is -0.387 e. The predicted molar refractivity (Wildman–Crippen MR) is 61.6 cm³/mol. The van der Waals surface area contributed by atoms with Crippen LogP contribution in [0.1, 0.15) is 16.5 Å². The molecule has 0 fully saturated rings. The summed E-state index contributed by atoms with van der Waals surface area (Å²) in [5.41, 5.74) is 6.57. The number of thiophene rings is 1. The summed E-state index contributed by atoms with van der Waals surface area (Å²) in [6, 6.07) is 7.52. The number of anilines is 1. The molecule has 0 aliphatic rings. The number of hydrogen-bond acceptors (Lipinski definition) is 4. The summed E-state index contributed by atoms with van der Waals surface area (Å²) in [4.78, 5) is 4.89. The van der Waals surface area contributed by atoms with Crippen LogP contribution in [0.15, 0.2) is 35.8 Å². The zero-order valence-corrected chi connectivity index (χ0v) is 8.95. The SMILES string of the molecule is Nc1cc(CC(O)c2cccs2)ccn1. The van der Waals surface area contributed by atoms with Gasteiger partial charge in [-0.05, 0) is 29.1 Å². The van der Waals surface area contributed by atoms with Gasteiger partial charge < -0.3 is 10.8 Å². The first-order valence-corrected chi connectivity index (χ1v) is 5.55. The first-order chi connectivity index (χ1) is 7.25. The maximum Gasteiger partial charge on any atom is 0.123 e. The molecule has 0 saturated carbocycles. The highest BCUT2D eigenvalue weighted by atomic mass is 32.1. The summed E-state index contributed by atoms with van der Waals surface area (Å²) in [5, 5.41) is 11.9. The van der Waals surface area contributed by atoms with Crippen molar-refractivity contribution in [3.63, 3.8) is 0 Å². The van der Waals surface area contributed by atoms with E-state index in [9.17, 15) is 5.11 Å². The number of aliphatic hydroxyl groups excluding tert-OH is 1. The Hall–Kier alpha value is -1.39. The number of nitrogens with two attached hydrogens (primary N) is 1. The van der Waals surface area contributed by atoms with E-state index >= 15 is 0 Å². The average molecular weight is 220 g/mol. The normalized spacial score (nSPS) is 12.6. The molecule has 0 bridgehead atoms. The molecule has 0 radical (unpaired) electrons. The molecule has 0 saturated heterocycles. The van der Waals surface area contributed by atoms with Gasteiger partial charge in [0.05, 0.1) is 6.10 Å². The molecule has 1 atom stereocenters. The molecule has 2 rings (SSSR count). The van der Waals surface area contributed by atoms with Crippen LogP contribution in [0.4, 0.5) is 5.82 Å². The third kappa shape index (κ3) is 2.55. The summed E-state index contributed by atoms with van der Waals surface area (Å²) < 4.78 is 0. The van der Waals surface area contributed by atoms with Crippen molar-refractivity contribution in [2.45, 2.75) is 12.5 Å². The van der Waals surface area contributed by atoms with Crippen molar-refractivity contribution in [2.75, 3.05) is 5.73 Å². The van der Waals surface area contributed by atoms with Crippen molar-refractivity contribution in [2.24, 2.45) is 0 Å². The quantitative estimate of drug-likeness (QED) is 0.831. The van der Waals surface area contributed by atoms with Crippen molar-refractivity contribution in [3.05, 3.63) is 46.3 Å². The fraction of sp³-hybridized carbons (Fsp3) is 0.182.